The SMILES string of the molecule is CN=C(NCCS(=O)(=O)NCc1ccccc1)N1CCC(Oc2ccccc2)CC1. The van der Waals surface area contributed by atoms with E-state index >= 15 is 0 Å². The summed E-state index contributed by atoms with van der Waals surface area (Å²) >= 11 is 0. The van der Waals surface area contributed by atoms with Crippen molar-refractivity contribution in [3.8, 4) is 5.75 Å². The smallest absolute Gasteiger partial charge is 0.213 e. The Kier molecular flexibility index (Phi) is 8.10. The van der Waals surface area contributed by atoms with Crippen molar-refractivity contribution in [3.63, 3.8) is 0 Å². The van der Waals surface area contributed by atoms with Gasteiger partial charge in [-0.1, -0.05) is 48.5 Å². The van der Waals surface area contributed by atoms with Crippen LogP contribution < -0.4 is 14.8 Å². The van der Waals surface area contributed by atoms with Crippen molar-refractivity contribution in [1.29, 1.82) is 0 Å². The van der Waals surface area contributed by atoms with E-state index in [0.29, 0.717) is 13.1 Å². The topological polar surface area (TPSA) is 83.0 Å². The third-order valence-electron chi connectivity index (χ3n) is 4.99. The van der Waals surface area contributed by atoms with Crippen LogP contribution in [-0.2, 0) is 16.6 Å². The summed E-state index contributed by atoms with van der Waals surface area (Å²) in [7, 11) is -1.64. The van der Waals surface area contributed by atoms with Crippen LogP contribution in [0.15, 0.2) is 65.7 Å². The Balaban J connectivity index is 1.39. The van der Waals surface area contributed by atoms with Gasteiger partial charge in [0, 0.05) is 46.1 Å². The van der Waals surface area contributed by atoms with Crippen LogP contribution >= 0.6 is 0 Å². The third kappa shape index (κ3) is 7.03. The van der Waals surface area contributed by atoms with Gasteiger partial charge in [0.15, 0.2) is 5.96 Å². The van der Waals surface area contributed by atoms with Gasteiger partial charge in [-0.05, 0) is 17.7 Å². The van der Waals surface area contributed by atoms with Crippen LogP contribution in [0.25, 0.3) is 0 Å². The van der Waals surface area contributed by atoms with E-state index < -0.39 is 10.0 Å². The van der Waals surface area contributed by atoms with Gasteiger partial charge in [0.2, 0.25) is 10.0 Å². The molecule has 0 spiro atoms. The molecule has 1 fully saturated rings. The minimum Gasteiger partial charge on any atom is -0.490 e. The standard InChI is InChI=1S/C22H30N4O3S/c1-23-22(24-14-17-30(27,28)25-18-19-8-4-2-5-9-19)26-15-12-21(13-16-26)29-20-10-6-3-7-11-20/h2-11,21,25H,12-18H2,1H3,(H,23,24). The Morgan fingerprint density at radius 1 is 1.07 bits per heavy atom. The monoisotopic (exact) mass is 430 g/mol. The fourth-order valence-electron chi connectivity index (χ4n) is 3.37. The van der Waals surface area contributed by atoms with Gasteiger partial charge in [0.1, 0.15) is 11.9 Å². The summed E-state index contributed by atoms with van der Waals surface area (Å²) in [4.78, 5) is 6.46. The lowest BCUT2D eigenvalue weighted by molar-refractivity contribution is 0.129. The number of sulfonamides is 1. The maximum atomic E-state index is 12.2. The number of aliphatic imine (C=N–C) groups is 1. The number of ether oxygens (including phenoxy) is 1. The summed E-state index contributed by atoms with van der Waals surface area (Å²) in [5, 5.41) is 3.17. The van der Waals surface area contributed by atoms with E-state index in [0.717, 1.165) is 43.2 Å². The van der Waals surface area contributed by atoms with E-state index in [1.54, 1.807) is 7.05 Å². The number of para-hydroxylation sites is 1. The number of nitrogens with one attached hydrogen (secondary N) is 2. The predicted molar refractivity (Wildman–Crippen MR) is 120 cm³/mol. The fourth-order valence-corrected chi connectivity index (χ4v) is 4.27. The molecule has 7 nitrogen and oxygen atoms in total. The van der Waals surface area contributed by atoms with Gasteiger partial charge in [-0.15, -0.1) is 0 Å². The van der Waals surface area contributed by atoms with Crippen LogP contribution in [0.4, 0.5) is 0 Å². The Bertz CT molecular complexity index is 896. The summed E-state index contributed by atoms with van der Waals surface area (Å²) in [6.07, 6.45) is 1.98. The van der Waals surface area contributed by atoms with Crippen molar-refractivity contribution >= 4 is 16.0 Å². The number of piperidine rings is 1. The molecule has 0 atom stereocenters. The maximum Gasteiger partial charge on any atom is 0.213 e. The van der Waals surface area contributed by atoms with Gasteiger partial charge >= 0.3 is 0 Å². The van der Waals surface area contributed by atoms with Gasteiger partial charge in [-0.25, -0.2) is 13.1 Å². The molecule has 2 aromatic carbocycles. The van der Waals surface area contributed by atoms with Gasteiger partial charge in [0.25, 0.3) is 0 Å². The molecule has 8 heteroatoms. The second-order valence-corrected chi connectivity index (χ2v) is 9.14. The largest absolute Gasteiger partial charge is 0.490 e. The number of likely N-dealkylation sites (tertiary alicyclic amines) is 1. The van der Waals surface area contributed by atoms with Crippen LogP contribution in [0.2, 0.25) is 0 Å². The molecule has 162 valence electrons. The zero-order valence-electron chi connectivity index (χ0n) is 17.3. The third-order valence-corrected chi connectivity index (χ3v) is 6.32. The molecule has 1 saturated heterocycles. The molecular formula is C22H30N4O3S. The molecule has 2 aromatic rings. The summed E-state index contributed by atoms with van der Waals surface area (Å²) in [5.41, 5.74) is 0.936. The molecule has 0 saturated carbocycles. The lowest BCUT2D eigenvalue weighted by atomic mass is 10.1. The lowest BCUT2D eigenvalue weighted by Crippen LogP contribution is -2.48. The predicted octanol–water partition coefficient (Wildman–Crippen LogP) is 2.22. The van der Waals surface area contributed by atoms with E-state index in [1.165, 1.54) is 0 Å². The fraction of sp³-hybridized carbons (Fsp3) is 0.409. The second-order valence-electron chi connectivity index (χ2n) is 7.22. The normalized spacial score (nSPS) is 15.8. The van der Waals surface area contributed by atoms with E-state index in [4.69, 9.17) is 4.74 Å². The van der Waals surface area contributed by atoms with Crippen molar-refractivity contribution in [2.75, 3.05) is 32.4 Å². The zero-order valence-corrected chi connectivity index (χ0v) is 18.1. The highest BCUT2D eigenvalue weighted by atomic mass is 32.2. The second kappa shape index (κ2) is 11.0. The van der Waals surface area contributed by atoms with Crippen LogP contribution in [0.5, 0.6) is 5.75 Å². The highest BCUT2D eigenvalue weighted by molar-refractivity contribution is 7.89. The maximum absolute atomic E-state index is 12.2. The molecule has 2 N–H and O–H groups in total. The molecule has 0 unspecified atom stereocenters. The first-order valence-electron chi connectivity index (χ1n) is 10.2. The van der Waals surface area contributed by atoms with Crippen LogP contribution in [0.3, 0.4) is 0 Å². The molecule has 1 aliphatic heterocycles. The van der Waals surface area contributed by atoms with Crippen molar-refractivity contribution in [3.05, 3.63) is 66.2 Å². The first-order chi connectivity index (χ1) is 14.6. The van der Waals surface area contributed by atoms with Crippen molar-refractivity contribution in [1.82, 2.24) is 14.9 Å². The van der Waals surface area contributed by atoms with E-state index in [1.807, 2.05) is 60.7 Å². The van der Waals surface area contributed by atoms with Crippen molar-refractivity contribution in [2.45, 2.75) is 25.5 Å². The first kappa shape index (κ1) is 22.1. The van der Waals surface area contributed by atoms with E-state index in [2.05, 4.69) is 19.9 Å². The summed E-state index contributed by atoms with van der Waals surface area (Å²) < 4.78 is 33.2. The molecule has 0 radical (unpaired) electrons. The van der Waals surface area contributed by atoms with Gasteiger partial charge < -0.3 is 15.0 Å². The van der Waals surface area contributed by atoms with Gasteiger partial charge in [0.05, 0.1) is 5.75 Å². The Morgan fingerprint density at radius 2 is 1.70 bits per heavy atom. The molecular weight excluding hydrogens is 400 g/mol. The molecule has 0 bridgehead atoms. The molecule has 1 aliphatic rings. The summed E-state index contributed by atoms with van der Waals surface area (Å²) in [6, 6.07) is 19.3. The molecule has 0 aliphatic carbocycles. The lowest BCUT2D eigenvalue weighted by Gasteiger charge is -2.34. The summed E-state index contributed by atoms with van der Waals surface area (Å²) in [5.74, 6) is 1.62. The van der Waals surface area contributed by atoms with Crippen LogP contribution in [0.1, 0.15) is 18.4 Å². The quantitative estimate of drug-likeness (QED) is 0.496. The van der Waals surface area contributed by atoms with E-state index in [9.17, 15) is 8.42 Å². The molecule has 0 aromatic heterocycles. The Morgan fingerprint density at radius 3 is 2.33 bits per heavy atom. The minimum absolute atomic E-state index is 0.00750. The Labute approximate surface area is 179 Å². The van der Waals surface area contributed by atoms with Crippen molar-refractivity contribution < 1.29 is 13.2 Å². The number of nitrogens with zero attached hydrogens (tertiary/aromatic N) is 2. The van der Waals surface area contributed by atoms with Gasteiger partial charge in [-0.3, -0.25) is 4.99 Å². The highest BCUT2D eigenvalue weighted by Gasteiger charge is 2.23. The highest BCUT2D eigenvalue weighted by Crippen LogP contribution is 2.18. The first-order valence-corrected chi connectivity index (χ1v) is 11.9. The van der Waals surface area contributed by atoms with Crippen LogP contribution in [0, 0.1) is 0 Å². The summed E-state index contributed by atoms with van der Waals surface area (Å²) in [6.45, 7) is 2.23. The van der Waals surface area contributed by atoms with Crippen molar-refractivity contribution in [2.24, 2.45) is 4.99 Å². The van der Waals surface area contributed by atoms with Crippen LogP contribution in [-0.4, -0.2) is 57.8 Å². The Hall–Kier alpha value is -2.58. The minimum atomic E-state index is -3.36. The number of hydrogen-bond acceptors (Lipinski definition) is 4. The molecule has 0 amide bonds. The molecule has 3 rings (SSSR count). The number of benzene rings is 2. The van der Waals surface area contributed by atoms with E-state index in [-0.39, 0.29) is 11.9 Å². The van der Waals surface area contributed by atoms with Gasteiger partial charge in [-0.2, -0.15) is 0 Å². The average Bonchev–Trinajstić information content (AvgIpc) is 2.78. The molecule has 1 heterocycles. The number of guanidine groups is 1. The zero-order chi connectivity index (χ0) is 21.2. The number of hydrogen-bond donors (Lipinski definition) is 2. The number of rotatable bonds is 8. The molecule has 30 heavy (non-hydrogen) atoms. The average molecular weight is 431 g/mol.